The molecule has 1 aliphatic heterocycles. The van der Waals surface area contributed by atoms with Crippen molar-refractivity contribution in [1.82, 2.24) is 10.2 Å². The van der Waals surface area contributed by atoms with Crippen molar-refractivity contribution in [3.63, 3.8) is 0 Å². The Morgan fingerprint density at radius 2 is 2.10 bits per heavy atom. The van der Waals surface area contributed by atoms with E-state index >= 15 is 0 Å². The van der Waals surface area contributed by atoms with Crippen molar-refractivity contribution in [3.05, 3.63) is 0 Å². The summed E-state index contributed by atoms with van der Waals surface area (Å²) in [5.41, 5.74) is -0.673. The summed E-state index contributed by atoms with van der Waals surface area (Å²) in [5, 5.41) is 12.8. The van der Waals surface area contributed by atoms with E-state index in [1.54, 1.807) is 0 Å². The lowest BCUT2D eigenvalue weighted by atomic mass is 9.84. The van der Waals surface area contributed by atoms with Gasteiger partial charge in [-0.3, -0.25) is 4.79 Å². The summed E-state index contributed by atoms with van der Waals surface area (Å²) >= 11 is 0. The van der Waals surface area contributed by atoms with E-state index in [1.807, 2.05) is 7.05 Å². The lowest BCUT2D eigenvalue weighted by Crippen LogP contribution is -2.53. The minimum absolute atomic E-state index is 0.278. The maximum Gasteiger partial charge on any atom is 0.324 e. The van der Waals surface area contributed by atoms with Crippen LogP contribution in [0, 0.1) is 5.92 Å². The van der Waals surface area contributed by atoms with Gasteiger partial charge in [0.2, 0.25) is 0 Å². The van der Waals surface area contributed by atoms with Crippen LogP contribution in [0.4, 0.5) is 0 Å². The second-order valence-corrected chi connectivity index (χ2v) is 6.85. The van der Waals surface area contributed by atoms with Gasteiger partial charge in [-0.2, -0.15) is 0 Å². The van der Waals surface area contributed by atoms with Crippen molar-refractivity contribution in [2.24, 2.45) is 5.92 Å². The fraction of sp³-hybridized carbons (Fsp3) is 0.941. The van der Waals surface area contributed by atoms with Crippen LogP contribution in [0.15, 0.2) is 0 Å². The van der Waals surface area contributed by atoms with E-state index in [0.717, 1.165) is 32.2 Å². The third-order valence-electron chi connectivity index (χ3n) is 5.88. The van der Waals surface area contributed by atoms with Gasteiger partial charge >= 0.3 is 5.97 Å². The zero-order valence-electron chi connectivity index (χ0n) is 13.7. The van der Waals surface area contributed by atoms with E-state index in [-0.39, 0.29) is 5.92 Å². The lowest BCUT2D eigenvalue weighted by Gasteiger charge is -2.34. The summed E-state index contributed by atoms with van der Waals surface area (Å²) < 4.78 is 0. The summed E-state index contributed by atoms with van der Waals surface area (Å²) in [6.45, 7) is 4.55. The first-order chi connectivity index (χ1) is 10.1. The highest BCUT2D eigenvalue weighted by Gasteiger charge is 2.47. The Morgan fingerprint density at radius 3 is 2.76 bits per heavy atom. The molecule has 3 unspecified atom stereocenters. The molecule has 2 aliphatic rings. The molecular formula is C17H32N2O2. The van der Waals surface area contributed by atoms with Gasteiger partial charge in [0.05, 0.1) is 0 Å². The smallest absolute Gasteiger partial charge is 0.324 e. The molecule has 4 heteroatoms. The van der Waals surface area contributed by atoms with E-state index in [0.29, 0.717) is 6.04 Å². The molecule has 0 aromatic carbocycles. The van der Waals surface area contributed by atoms with E-state index in [1.165, 1.54) is 38.6 Å². The average molecular weight is 296 g/mol. The number of carboxylic acids is 1. The summed E-state index contributed by atoms with van der Waals surface area (Å²) in [6.07, 6.45) is 10.4. The van der Waals surface area contributed by atoms with E-state index in [2.05, 4.69) is 17.1 Å². The molecule has 1 saturated heterocycles. The molecule has 0 bridgehead atoms. The Bertz CT molecular complexity index is 348. The van der Waals surface area contributed by atoms with Gasteiger partial charge in [-0.15, -0.1) is 0 Å². The summed E-state index contributed by atoms with van der Waals surface area (Å²) in [4.78, 5) is 14.3. The Hall–Kier alpha value is -0.610. The van der Waals surface area contributed by atoms with Gasteiger partial charge in [-0.25, -0.2) is 0 Å². The third kappa shape index (κ3) is 3.59. The normalized spacial score (nSPS) is 34.8. The first-order valence-corrected chi connectivity index (χ1v) is 8.80. The summed E-state index contributed by atoms with van der Waals surface area (Å²) in [6, 6.07) is 0.711. The predicted octanol–water partition coefficient (Wildman–Crippen LogP) is 2.87. The quantitative estimate of drug-likeness (QED) is 0.791. The van der Waals surface area contributed by atoms with Crippen LogP contribution in [0.25, 0.3) is 0 Å². The van der Waals surface area contributed by atoms with Crippen LogP contribution in [0.2, 0.25) is 0 Å². The van der Waals surface area contributed by atoms with Crippen LogP contribution in [-0.4, -0.2) is 47.7 Å². The fourth-order valence-corrected chi connectivity index (χ4v) is 4.50. The van der Waals surface area contributed by atoms with Crippen LogP contribution >= 0.6 is 0 Å². The highest BCUT2D eigenvalue weighted by atomic mass is 16.4. The SMILES string of the molecule is CCC1CCCCCN1CCC1CCCC1(NC)C(=O)O. The number of likely N-dealkylation sites (tertiary alicyclic amines) is 1. The summed E-state index contributed by atoms with van der Waals surface area (Å²) in [7, 11) is 1.81. The zero-order valence-corrected chi connectivity index (χ0v) is 13.7. The summed E-state index contributed by atoms with van der Waals surface area (Å²) in [5.74, 6) is -0.379. The molecule has 2 fully saturated rings. The van der Waals surface area contributed by atoms with Crippen LogP contribution in [0.5, 0.6) is 0 Å². The molecule has 2 N–H and O–H groups in total. The Labute approximate surface area is 129 Å². The molecule has 4 nitrogen and oxygen atoms in total. The molecule has 1 aliphatic carbocycles. The van der Waals surface area contributed by atoms with Crippen molar-refractivity contribution in [2.45, 2.75) is 76.3 Å². The maximum atomic E-state index is 11.7. The van der Waals surface area contributed by atoms with E-state index in [4.69, 9.17) is 0 Å². The molecule has 1 heterocycles. The molecule has 2 rings (SSSR count). The van der Waals surface area contributed by atoms with Crippen LogP contribution < -0.4 is 5.32 Å². The molecule has 122 valence electrons. The number of nitrogens with one attached hydrogen (secondary N) is 1. The van der Waals surface area contributed by atoms with Crippen molar-refractivity contribution in [2.75, 3.05) is 20.1 Å². The molecule has 0 amide bonds. The fourth-order valence-electron chi connectivity index (χ4n) is 4.50. The monoisotopic (exact) mass is 296 g/mol. The number of hydrogen-bond acceptors (Lipinski definition) is 3. The van der Waals surface area contributed by atoms with Gasteiger partial charge in [0, 0.05) is 6.04 Å². The second kappa shape index (κ2) is 7.59. The van der Waals surface area contributed by atoms with Crippen molar-refractivity contribution >= 4 is 5.97 Å². The molecule has 0 spiro atoms. The van der Waals surface area contributed by atoms with Crippen molar-refractivity contribution in [1.29, 1.82) is 0 Å². The van der Waals surface area contributed by atoms with Crippen LogP contribution in [0.1, 0.15) is 64.7 Å². The van der Waals surface area contributed by atoms with Crippen molar-refractivity contribution < 1.29 is 9.90 Å². The number of carboxylic acid groups (broad SMARTS) is 1. The standard InChI is InChI=1S/C17H32N2O2/c1-3-15-9-5-4-6-12-19(15)13-10-14-8-7-11-17(14,18-2)16(20)21/h14-15,18H,3-13H2,1-2H3,(H,20,21). The first kappa shape index (κ1) is 16.8. The topological polar surface area (TPSA) is 52.6 Å². The van der Waals surface area contributed by atoms with Gasteiger partial charge in [0.1, 0.15) is 5.54 Å². The number of hydrogen-bond donors (Lipinski definition) is 2. The van der Waals surface area contributed by atoms with Crippen LogP contribution in [-0.2, 0) is 4.79 Å². The van der Waals surface area contributed by atoms with Crippen molar-refractivity contribution in [3.8, 4) is 0 Å². The molecule has 3 atom stereocenters. The predicted molar refractivity (Wildman–Crippen MR) is 85.5 cm³/mol. The van der Waals surface area contributed by atoms with E-state index in [9.17, 15) is 9.90 Å². The molecule has 0 radical (unpaired) electrons. The number of likely N-dealkylation sites (N-methyl/N-ethyl adjacent to an activating group) is 1. The number of rotatable bonds is 6. The van der Waals surface area contributed by atoms with Gasteiger partial charge in [0.15, 0.2) is 0 Å². The molecule has 0 aromatic rings. The van der Waals surface area contributed by atoms with E-state index < -0.39 is 11.5 Å². The second-order valence-electron chi connectivity index (χ2n) is 6.85. The Morgan fingerprint density at radius 1 is 1.29 bits per heavy atom. The van der Waals surface area contributed by atoms with Crippen LogP contribution in [0.3, 0.4) is 0 Å². The van der Waals surface area contributed by atoms with Gasteiger partial charge < -0.3 is 15.3 Å². The minimum atomic E-state index is -0.673. The lowest BCUT2D eigenvalue weighted by molar-refractivity contribution is -0.146. The highest BCUT2D eigenvalue weighted by molar-refractivity contribution is 5.79. The molecule has 1 saturated carbocycles. The molecule has 21 heavy (non-hydrogen) atoms. The van der Waals surface area contributed by atoms with Gasteiger partial charge in [-0.05, 0) is 64.6 Å². The third-order valence-corrected chi connectivity index (χ3v) is 5.88. The number of nitrogens with zero attached hydrogens (tertiary/aromatic N) is 1. The first-order valence-electron chi connectivity index (χ1n) is 8.80. The zero-order chi connectivity index (χ0) is 15.3. The highest BCUT2D eigenvalue weighted by Crippen LogP contribution is 2.38. The molecular weight excluding hydrogens is 264 g/mol. The van der Waals surface area contributed by atoms with Gasteiger partial charge in [-0.1, -0.05) is 26.2 Å². The Balaban J connectivity index is 1.95. The molecule has 0 aromatic heterocycles. The number of carbonyl (C=O) groups is 1. The number of aliphatic carboxylic acids is 1. The maximum absolute atomic E-state index is 11.7. The largest absolute Gasteiger partial charge is 0.480 e. The average Bonchev–Trinajstić information content (AvgIpc) is 2.77. The Kier molecular flexibility index (Phi) is 6.06. The van der Waals surface area contributed by atoms with Gasteiger partial charge in [0.25, 0.3) is 0 Å². The minimum Gasteiger partial charge on any atom is -0.480 e.